The van der Waals surface area contributed by atoms with Crippen LogP contribution in [0.3, 0.4) is 0 Å². The summed E-state index contributed by atoms with van der Waals surface area (Å²) in [5.41, 5.74) is 0.436. The molecule has 0 bridgehead atoms. The van der Waals surface area contributed by atoms with Gasteiger partial charge in [0.15, 0.2) is 5.82 Å². The first-order valence-electron chi connectivity index (χ1n) is 4.94. The van der Waals surface area contributed by atoms with Gasteiger partial charge in [-0.2, -0.15) is 5.21 Å². The smallest absolute Gasteiger partial charge is 0.254 e. The van der Waals surface area contributed by atoms with E-state index in [1.165, 1.54) is 6.07 Å². The number of nitrogens with one attached hydrogen (secondary N) is 2. The summed E-state index contributed by atoms with van der Waals surface area (Å²) >= 11 is 0. The molecule has 6 nitrogen and oxygen atoms in total. The Morgan fingerprint density at radius 2 is 2.35 bits per heavy atom. The van der Waals surface area contributed by atoms with Gasteiger partial charge in [-0.25, -0.2) is 4.39 Å². The van der Waals surface area contributed by atoms with E-state index in [2.05, 4.69) is 25.9 Å². The van der Waals surface area contributed by atoms with Crippen molar-refractivity contribution in [1.29, 1.82) is 0 Å². The first-order valence-corrected chi connectivity index (χ1v) is 4.94. The number of hydrogen-bond donors (Lipinski definition) is 2. The van der Waals surface area contributed by atoms with Gasteiger partial charge in [-0.3, -0.25) is 4.79 Å². The standard InChI is InChI=1S/C10H10FN5O/c1-6-3-2-4-7(9(6)11)10(17)12-5-8-13-15-16-14-8/h2-4H,5H2,1H3,(H,12,17)(H,13,14,15,16). The van der Waals surface area contributed by atoms with Gasteiger partial charge < -0.3 is 5.32 Å². The molecule has 0 fully saturated rings. The second-order valence-corrected chi connectivity index (χ2v) is 3.45. The Kier molecular flexibility index (Phi) is 3.08. The molecular formula is C10H10FN5O. The molecule has 0 atom stereocenters. The molecule has 7 heteroatoms. The summed E-state index contributed by atoms with van der Waals surface area (Å²) in [4.78, 5) is 11.7. The van der Waals surface area contributed by atoms with Crippen molar-refractivity contribution < 1.29 is 9.18 Å². The summed E-state index contributed by atoms with van der Waals surface area (Å²) in [6, 6.07) is 4.65. The highest BCUT2D eigenvalue weighted by atomic mass is 19.1. The predicted octanol–water partition coefficient (Wildman–Crippen LogP) is 0.577. The molecule has 1 amide bonds. The Morgan fingerprint density at radius 1 is 1.53 bits per heavy atom. The fraction of sp³-hybridized carbons (Fsp3) is 0.200. The highest BCUT2D eigenvalue weighted by molar-refractivity contribution is 5.94. The Bertz CT molecular complexity index is 525. The molecule has 1 aromatic carbocycles. The molecule has 0 unspecified atom stereocenters. The molecule has 0 aliphatic rings. The summed E-state index contributed by atoms with van der Waals surface area (Å²) in [7, 11) is 0. The third-order valence-corrected chi connectivity index (χ3v) is 2.23. The van der Waals surface area contributed by atoms with E-state index < -0.39 is 11.7 Å². The van der Waals surface area contributed by atoms with Gasteiger partial charge in [0.1, 0.15) is 5.82 Å². The molecule has 0 radical (unpaired) electrons. The molecule has 2 rings (SSSR count). The minimum Gasteiger partial charge on any atom is -0.344 e. The van der Waals surface area contributed by atoms with Gasteiger partial charge in [-0.15, -0.1) is 10.2 Å². The molecule has 0 aliphatic heterocycles. The third-order valence-electron chi connectivity index (χ3n) is 2.23. The lowest BCUT2D eigenvalue weighted by atomic mass is 10.1. The summed E-state index contributed by atoms with van der Waals surface area (Å²) in [5.74, 6) is -0.680. The SMILES string of the molecule is Cc1cccc(C(=O)NCc2nn[nH]n2)c1F. The van der Waals surface area contributed by atoms with Crippen LogP contribution >= 0.6 is 0 Å². The number of H-pyrrole nitrogens is 1. The summed E-state index contributed by atoms with van der Waals surface area (Å²) in [5, 5.41) is 15.4. The first kappa shape index (κ1) is 11.2. The molecule has 1 heterocycles. The van der Waals surface area contributed by atoms with Crippen LogP contribution in [0.5, 0.6) is 0 Å². The van der Waals surface area contributed by atoms with Gasteiger partial charge in [-0.1, -0.05) is 17.3 Å². The van der Waals surface area contributed by atoms with Crippen molar-refractivity contribution in [2.45, 2.75) is 13.5 Å². The highest BCUT2D eigenvalue weighted by Gasteiger charge is 2.13. The van der Waals surface area contributed by atoms with Crippen molar-refractivity contribution in [3.63, 3.8) is 0 Å². The van der Waals surface area contributed by atoms with Crippen LogP contribution in [-0.2, 0) is 6.54 Å². The van der Waals surface area contributed by atoms with Gasteiger partial charge in [0.25, 0.3) is 5.91 Å². The quantitative estimate of drug-likeness (QED) is 0.815. The molecule has 88 valence electrons. The zero-order chi connectivity index (χ0) is 12.3. The van der Waals surface area contributed by atoms with Crippen LogP contribution in [0.25, 0.3) is 0 Å². The summed E-state index contributed by atoms with van der Waals surface area (Å²) < 4.78 is 13.6. The van der Waals surface area contributed by atoms with E-state index in [0.29, 0.717) is 11.4 Å². The van der Waals surface area contributed by atoms with Crippen molar-refractivity contribution in [1.82, 2.24) is 25.9 Å². The van der Waals surface area contributed by atoms with Crippen molar-refractivity contribution >= 4 is 5.91 Å². The minimum absolute atomic E-state index is 0.00787. The average Bonchev–Trinajstić information content (AvgIpc) is 2.82. The van der Waals surface area contributed by atoms with Crippen molar-refractivity contribution in [2.75, 3.05) is 0 Å². The lowest BCUT2D eigenvalue weighted by Gasteiger charge is -2.05. The molecule has 2 aromatic rings. The Balaban J connectivity index is 2.07. The first-order chi connectivity index (χ1) is 8.18. The van der Waals surface area contributed by atoms with Gasteiger partial charge in [0.2, 0.25) is 0 Å². The van der Waals surface area contributed by atoms with Crippen molar-refractivity contribution in [3.8, 4) is 0 Å². The predicted molar refractivity (Wildman–Crippen MR) is 56.5 cm³/mol. The van der Waals surface area contributed by atoms with Crippen LogP contribution < -0.4 is 5.32 Å². The van der Waals surface area contributed by atoms with Gasteiger partial charge in [0.05, 0.1) is 12.1 Å². The number of amides is 1. The molecule has 2 N–H and O–H groups in total. The number of aromatic nitrogens is 4. The number of rotatable bonds is 3. The fourth-order valence-corrected chi connectivity index (χ4v) is 1.33. The number of carbonyl (C=O) groups is 1. The number of aryl methyl sites for hydroxylation is 1. The van der Waals surface area contributed by atoms with E-state index >= 15 is 0 Å². The minimum atomic E-state index is -0.516. The van der Waals surface area contributed by atoms with E-state index in [4.69, 9.17) is 0 Å². The topological polar surface area (TPSA) is 83.6 Å². The zero-order valence-electron chi connectivity index (χ0n) is 9.07. The van der Waals surface area contributed by atoms with Gasteiger partial charge in [-0.05, 0) is 18.6 Å². The number of tetrazole rings is 1. The number of hydrogen-bond acceptors (Lipinski definition) is 4. The Morgan fingerprint density at radius 3 is 3.06 bits per heavy atom. The summed E-state index contributed by atoms with van der Waals surface area (Å²) in [6.07, 6.45) is 0. The lowest BCUT2D eigenvalue weighted by molar-refractivity contribution is 0.0945. The maximum absolute atomic E-state index is 13.6. The Labute approximate surface area is 96.2 Å². The van der Waals surface area contributed by atoms with Crippen LogP contribution in [0.15, 0.2) is 18.2 Å². The van der Waals surface area contributed by atoms with Crippen LogP contribution in [0.1, 0.15) is 21.7 Å². The van der Waals surface area contributed by atoms with Crippen molar-refractivity contribution in [3.05, 3.63) is 41.0 Å². The number of halogens is 1. The summed E-state index contributed by atoms with van der Waals surface area (Å²) in [6.45, 7) is 1.70. The third kappa shape index (κ3) is 2.44. The van der Waals surface area contributed by atoms with Crippen LogP contribution in [0.2, 0.25) is 0 Å². The van der Waals surface area contributed by atoms with Crippen LogP contribution in [-0.4, -0.2) is 26.5 Å². The molecule has 0 aliphatic carbocycles. The maximum atomic E-state index is 13.6. The molecule has 0 saturated carbocycles. The number of benzene rings is 1. The van der Waals surface area contributed by atoms with Crippen molar-refractivity contribution in [2.24, 2.45) is 0 Å². The van der Waals surface area contributed by atoms with Crippen LogP contribution in [0.4, 0.5) is 4.39 Å². The average molecular weight is 235 g/mol. The largest absolute Gasteiger partial charge is 0.344 e. The molecule has 17 heavy (non-hydrogen) atoms. The normalized spacial score (nSPS) is 10.2. The van der Waals surface area contributed by atoms with E-state index in [0.717, 1.165) is 0 Å². The molecule has 0 saturated heterocycles. The fourth-order valence-electron chi connectivity index (χ4n) is 1.33. The van der Waals surface area contributed by atoms with E-state index in [1.807, 2.05) is 0 Å². The monoisotopic (exact) mass is 235 g/mol. The van der Waals surface area contributed by atoms with E-state index in [-0.39, 0.29) is 12.1 Å². The second-order valence-electron chi connectivity index (χ2n) is 3.45. The molecule has 1 aromatic heterocycles. The van der Waals surface area contributed by atoms with E-state index in [9.17, 15) is 9.18 Å². The van der Waals surface area contributed by atoms with Gasteiger partial charge >= 0.3 is 0 Å². The zero-order valence-corrected chi connectivity index (χ0v) is 9.07. The van der Waals surface area contributed by atoms with E-state index in [1.54, 1.807) is 19.1 Å². The number of aromatic amines is 1. The lowest BCUT2D eigenvalue weighted by Crippen LogP contribution is -2.24. The number of carbonyl (C=O) groups excluding carboxylic acids is 1. The maximum Gasteiger partial charge on any atom is 0.254 e. The molecular weight excluding hydrogens is 225 g/mol. The number of nitrogens with zero attached hydrogens (tertiary/aromatic N) is 3. The second kappa shape index (κ2) is 4.69. The van der Waals surface area contributed by atoms with Crippen LogP contribution in [0, 0.1) is 12.7 Å². The van der Waals surface area contributed by atoms with Gasteiger partial charge in [0, 0.05) is 0 Å². The molecule has 0 spiro atoms. The Hall–Kier alpha value is -2.31. The highest BCUT2D eigenvalue weighted by Crippen LogP contribution is 2.11.